The maximum atomic E-state index is 13.4. The Kier molecular flexibility index (Phi) is 5.69. The van der Waals surface area contributed by atoms with E-state index in [2.05, 4.69) is 27.9 Å². The number of anilines is 1. The van der Waals surface area contributed by atoms with E-state index in [-0.39, 0.29) is 11.9 Å². The Morgan fingerprint density at radius 1 is 1.00 bits per heavy atom. The van der Waals surface area contributed by atoms with Crippen LogP contribution in [-0.4, -0.2) is 73.0 Å². The van der Waals surface area contributed by atoms with E-state index in [0.29, 0.717) is 35.7 Å². The molecule has 4 heterocycles. The standard InChI is InChI=1S/C28H27ClN4O3/c1-31-10-12-32(13-11-31)21-14-20(16-30-17-21)19-6-7-23(25(29)15-19)26(34)33-9-8-28(18-33)24-5-3-2-4-22(24)27(35)36-28/h2-7,14-17H,8-13,18H2,1H3/t28-/m0/s1. The van der Waals surface area contributed by atoms with Crippen molar-refractivity contribution in [2.45, 2.75) is 12.0 Å². The first-order valence-electron chi connectivity index (χ1n) is 12.2. The van der Waals surface area contributed by atoms with Gasteiger partial charge in [-0.05, 0) is 36.9 Å². The lowest BCUT2D eigenvalue weighted by Crippen LogP contribution is -2.44. The molecule has 3 aliphatic heterocycles. The van der Waals surface area contributed by atoms with Crippen LogP contribution in [0.15, 0.2) is 60.9 Å². The van der Waals surface area contributed by atoms with Gasteiger partial charge in [0.1, 0.15) is 0 Å². The van der Waals surface area contributed by atoms with Crippen molar-refractivity contribution < 1.29 is 14.3 Å². The van der Waals surface area contributed by atoms with E-state index in [9.17, 15) is 9.59 Å². The van der Waals surface area contributed by atoms with E-state index in [1.54, 1.807) is 17.0 Å². The molecule has 7 nitrogen and oxygen atoms in total. The number of pyridine rings is 1. The number of carbonyl (C=O) groups is 2. The third kappa shape index (κ3) is 3.92. The van der Waals surface area contributed by atoms with Crippen molar-refractivity contribution in [2.75, 3.05) is 51.2 Å². The molecular weight excluding hydrogens is 476 g/mol. The van der Waals surface area contributed by atoms with Gasteiger partial charge in [-0.1, -0.05) is 35.9 Å². The van der Waals surface area contributed by atoms with Crippen LogP contribution in [-0.2, 0) is 10.3 Å². The monoisotopic (exact) mass is 502 g/mol. The quantitative estimate of drug-likeness (QED) is 0.503. The third-order valence-electron chi connectivity index (χ3n) is 7.57. The van der Waals surface area contributed by atoms with E-state index in [4.69, 9.17) is 16.3 Å². The smallest absolute Gasteiger partial charge is 0.339 e. The van der Waals surface area contributed by atoms with Crippen LogP contribution in [0.25, 0.3) is 11.1 Å². The Bertz CT molecular complexity index is 1350. The van der Waals surface area contributed by atoms with Gasteiger partial charge in [-0.15, -0.1) is 0 Å². The molecule has 0 unspecified atom stereocenters. The summed E-state index contributed by atoms with van der Waals surface area (Å²) in [6, 6.07) is 15.1. The van der Waals surface area contributed by atoms with Crippen LogP contribution in [0.3, 0.4) is 0 Å². The molecule has 0 saturated carbocycles. The zero-order chi connectivity index (χ0) is 24.9. The number of hydrogen-bond donors (Lipinski definition) is 0. The van der Waals surface area contributed by atoms with Gasteiger partial charge in [0.05, 0.1) is 34.6 Å². The predicted molar refractivity (Wildman–Crippen MR) is 138 cm³/mol. The number of amides is 1. The van der Waals surface area contributed by atoms with Gasteiger partial charge in [0.15, 0.2) is 5.60 Å². The molecule has 0 radical (unpaired) electrons. The first-order chi connectivity index (χ1) is 17.4. The largest absolute Gasteiger partial charge is 0.449 e. The fourth-order valence-corrected chi connectivity index (χ4v) is 5.73. The number of likely N-dealkylation sites (N-methyl/N-ethyl adjacent to an activating group) is 1. The van der Waals surface area contributed by atoms with E-state index in [0.717, 1.165) is 48.6 Å². The fraction of sp³-hybridized carbons (Fsp3) is 0.321. The molecule has 1 spiro atoms. The van der Waals surface area contributed by atoms with Gasteiger partial charge < -0.3 is 19.4 Å². The lowest BCUT2D eigenvalue weighted by Gasteiger charge is -2.34. The van der Waals surface area contributed by atoms with Crippen LogP contribution in [0.4, 0.5) is 5.69 Å². The van der Waals surface area contributed by atoms with Crippen molar-refractivity contribution >= 4 is 29.2 Å². The Morgan fingerprint density at radius 2 is 1.81 bits per heavy atom. The molecule has 3 aromatic rings. The van der Waals surface area contributed by atoms with Gasteiger partial charge in [-0.3, -0.25) is 9.78 Å². The molecule has 0 N–H and O–H groups in total. The minimum absolute atomic E-state index is 0.159. The molecule has 0 bridgehead atoms. The van der Waals surface area contributed by atoms with Crippen LogP contribution in [0.5, 0.6) is 0 Å². The third-order valence-corrected chi connectivity index (χ3v) is 7.88. The molecule has 2 fully saturated rings. The number of carbonyl (C=O) groups excluding carboxylic acids is 2. The second-order valence-electron chi connectivity index (χ2n) is 9.82. The summed E-state index contributed by atoms with van der Waals surface area (Å²) < 4.78 is 5.79. The van der Waals surface area contributed by atoms with Gasteiger partial charge in [0, 0.05) is 56.5 Å². The minimum Gasteiger partial charge on any atom is -0.449 e. The lowest BCUT2D eigenvalue weighted by molar-refractivity contribution is -0.00306. The molecule has 1 atom stereocenters. The number of benzene rings is 2. The first-order valence-corrected chi connectivity index (χ1v) is 12.6. The van der Waals surface area contributed by atoms with Crippen molar-refractivity contribution in [3.8, 4) is 11.1 Å². The second-order valence-corrected chi connectivity index (χ2v) is 10.2. The van der Waals surface area contributed by atoms with Crippen LogP contribution >= 0.6 is 11.6 Å². The highest BCUT2D eigenvalue weighted by molar-refractivity contribution is 6.34. The van der Waals surface area contributed by atoms with Crippen molar-refractivity contribution in [1.82, 2.24) is 14.8 Å². The number of rotatable bonds is 3. The number of aromatic nitrogens is 1. The van der Waals surface area contributed by atoms with Crippen LogP contribution in [0.2, 0.25) is 5.02 Å². The molecule has 6 rings (SSSR count). The maximum Gasteiger partial charge on any atom is 0.339 e. The molecule has 36 heavy (non-hydrogen) atoms. The summed E-state index contributed by atoms with van der Waals surface area (Å²) in [4.78, 5) is 36.6. The van der Waals surface area contributed by atoms with Gasteiger partial charge in [-0.25, -0.2) is 4.79 Å². The SMILES string of the molecule is CN1CCN(c2cncc(-c3ccc(C(=O)N4CC[C@@]5(C4)OC(=O)c4ccccc45)c(Cl)c3)c2)CC1. The Labute approximate surface area is 215 Å². The first kappa shape index (κ1) is 23.0. The zero-order valence-corrected chi connectivity index (χ0v) is 20.9. The summed E-state index contributed by atoms with van der Waals surface area (Å²) in [5, 5.41) is 0.396. The average molecular weight is 503 g/mol. The van der Waals surface area contributed by atoms with Gasteiger partial charge >= 0.3 is 5.97 Å². The summed E-state index contributed by atoms with van der Waals surface area (Å²) in [5.41, 5.74) is 4.08. The molecular formula is C28H27ClN4O3. The van der Waals surface area contributed by atoms with E-state index in [1.165, 1.54) is 0 Å². The highest BCUT2D eigenvalue weighted by Crippen LogP contribution is 2.43. The molecule has 2 aromatic carbocycles. The Hall–Kier alpha value is -3.42. The minimum atomic E-state index is -0.773. The highest BCUT2D eigenvalue weighted by atomic mass is 35.5. The summed E-state index contributed by atoms with van der Waals surface area (Å²) >= 11 is 6.64. The molecule has 2 saturated heterocycles. The molecule has 8 heteroatoms. The molecule has 3 aliphatic rings. The molecule has 1 aromatic heterocycles. The summed E-state index contributed by atoms with van der Waals surface area (Å²) in [7, 11) is 2.14. The van der Waals surface area contributed by atoms with Crippen LogP contribution in [0.1, 0.15) is 32.7 Å². The average Bonchev–Trinajstić information content (AvgIpc) is 3.45. The highest BCUT2D eigenvalue weighted by Gasteiger charge is 2.51. The second kappa shape index (κ2) is 8.91. The van der Waals surface area contributed by atoms with Gasteiger partial charge in [0.25, 0.3) is 5.91 Å². The van der Waals surface area contributed by atoms with E-state index < -0.39 is 5.60 Å². The number of esters is 1. The van der Waals surface area contributed by atoms with Crippen molar-refractivity contribution in [3.63, 3.8) is 0 Å². The van der Waals surface area contributed by atoms with Crippen LogP contribution < -0.4 is 4.90 Å². The lowest BCUT2D eigenvalue weighted by atomic mass is 9.91. The number of likely N-dealkylation sites (tertiary alicyclic amines) is 1. The zero-order valence-electron chi connectivity index (χ0n) is 20.1. The number of fused-ring (bicyclic) bond motifs is 2. The number of ether oxygens (including phenoxy) is 1. The Balaban J connectivity index is 1.21. The normalized spacial score (nSPS) is 21.7. The predicted octanol–water partition coefficient (Wildman–Crippen LogP) is 4.07. The van der Waals surface area contributed by atoms with Crippen molar-refractivity contribution in [1.29, 1.82) is 0 Å². The summed E-state index contributed by atoms with van der Waals surface area (Å²) in [5.74, 6) is -0.483. The fourth-order valence-electron chi connectivity index (χ4n) is 5.47. The summed E-state index contributed by atoms with van der Waals surface area (Å²) in [6.07, 6.45) is 4.29. The Morgan fingerprint density at radius 3 is 2.61 bits per heavy atom. The molecule has 1 amide bonds. The number of halogens is 1. The number of piperazine rings is 1. The van der Waals surface area contributed by atoms with E-state index >= 15 is 0 Å². The topological polar surface area (TPSA) is 66.0 Å². The number of nitrogens with zero attached hydrogens (tertiary/aromatic N) is 4. The van der Waals surface area contributed by atoms with E-state index in [1.807, 2.05) is 42.7 Å². The number of hydrogen-bond acceptors (Lipinski definition) is 6. The molecule has 0 aliphatic carbocycles. The van der Waals surface area contributed by atoms with Gasteiger partial charge in [-0.2, -0.15) is 0 Å². The van der Waals surface area contributed by atoms with Crippen molar-refractivity contribution in [2.24, 2.45) is 0 Å². The summed E-state index contributed by atoms with van der Waals surface area (Å²) in [6.45, 7) is 4.80. The van der Waals surface area contributed by atoms with Crippen LogP contribution in [0, 0.1) is 0 Å². The van der Waals surface area contributed by atoms with Crippen molar-refractivity contribution in [3.05, 3.63) is 82.6 Å². The maximum absolute atomic E-state index is 13.4. The molecule has 184 valence electrons. The van der Waals surface area contributed by atoms with Gasteiger partial charge in [0.2, 0.25) is 0 Å².